The van der Waals surface area contributed by atoms with Crippen LogP contribution in [0.1, 0.15) is 53.5 Å². The van der Waals surface area contributed by atoms with E-state index in [9.17, 15) is 4.79 Å². The first kappa shape index (κ1) is 17.7. The Morgan fingerprint density at radius 1 is 1.36 bits per heavy atom. The molecule has 1 amide bonds. The molecule has 0 saturated heterocycles. The number of rotatable bonds is 7. The summed E-state index contributed by atoms with van der Waals surface area (Å²) in [6.45, 7) is 4.97. The van der Waals surface area contributed by atoms with Crippen LogP contribution in [0.15, 0.2) is 28.8 Å². The molecule has 5 heteroatoms. The van der Waals surface area contributed by atoms with Crippen molar-refractivity contribution < 1.29 is 14.1 Å². The Morgan fingerprint density at radius 3 is 3.00 bits per heavy atom. The van der Waals surface area contributed by atoms with E-state index in [4.69, 9.17) is 9.26 Å². The summed E-state index contributed by atoms with van der Waals surface area (Å²) in [6.07, 6.45) is 4.73. The molecule has 1 N–H and O–H groups in total. The van der Waals surface area contributed by atoms with Gasteiger partial charge in [-0.25, -0.2) is 0 Å². The molecule has 0 aliphatic heterocycles. The lowest BCUT2D eigenvalue weighted by molar-refractivity contribution is -0.120. The monoisotopic (exact) mass is 342 g/mol. The number of fused-ring (bicyclic) bond motifs is 1. The van der Waals surface area contributed by atoms with Crippen molar-refractivity contribution in [3.05, 3.63) is 52.4 Å². The van der Waals surface area contributed by atoms with Gasteiger partial charge < -0.3 is 14.6 Å². The van der Waals surface area contributed by atoms with Crippen LogP contribution >= 0.6 is 0 Å². The van der Waals surface area contributed by atoms with Crippen molar-refractivity contribution in [2.24, 2.45) is 0 Å². The maximum atomic E-state index is 12.0. The maximum absolute atomic E-state index is 12.0. The van der Waals surface area contributed by atoms with Gasteiger partial charge in [-0.05, 0) is 50.7 Å². The van der Waals surface area contributed by atoms with E-state index in [1.165, 1.54) is 17.5 Å². The smallest absolute Gasteiger partial charge is 0.224 e. The molecule has 1 aliphatic carbocycles. The molecular weight excluding hydrogens is 316 g/mol. The van der Waals surface area contributed by atoms with E-state index in [1.54, 1.807) is 0 Å². The van der Waals surface area contributed by atoms with Gasteiger partial charge in [-0.2, -0.15) is 0 Å². The average Bonchev–Trinajstić information content (AvgIpc) is 2.93. The Labute approximate surface area is 148 Å². The molecule has 5 nitrogen and oxygen atoms in total. The summed E-state index contributed by atoms with van der Waals surface area (Å²) in [5, 5.41) is 6.82. The third kappa shape index (κ3) is 4.48. The minimum Gasteiger partial charge on any atom is -0.373 e. The molecule has 1 aromatic heterocycles. The Kier molecular flexibility index (Phi) is 5.87. The Balaban J connectivity index is 1.38. The fraction of sp³-hybridized carbons (Fsp3) is 0.500. The topological polar surface area (TPSA) is 64.4 Å². The van der Waals surface area contributed by atoms with Crippen LogP contribution in [0.5, 0.6) is 0 Å². The van der Waals surface area contributed by atoms with Gasteiger partial charge in [0.15, 0.2) is 0 Å². The van der Waals surface area contributed by atoms with Crippen LogP contribution < -0.4 is 5.32 Å². The zero-order valence-corrected chi connectivity index (χ0v) is 15.0. The second-order valence-corrected chi connectivity index (χ2v) is 6.63. The SMILES string of the molecule is Cc1noc(C)c1CC(=O)NCCCOC1CCCc2ccccc21. The molecule has 1 aliphatic rings. The van der Waals surface area contributed by atoms with Gasteiger partial charge in [-0.1, -0.05) is 29.4 Å². The van der Waals surface area contributed by atoms with Gasteiger partial charge in [0.1, 0.15) is 5.76 Å². The molecule has 1 unspecified atom stereocenters. The maximum Gasteiger partial charge on any atom is 0.224 e. The van der Waals surface area contributed by atoms with Crippen LogP contribution in [-0.4, -0.2) is 24.2 Å². The van der Waals surface area contributed by atoms with E-state index in [-0.39, 0.29) is 12.0 Å². The highest BCUT2D eigenvalue weighted by atomic mass is 16.5. The van der Waals surface area contributed by atoms with E-state index in [0.29, 0.717) is 25.3 Å². The molecule has 0 bridgehead atoms. The number of aromatic nitrogens is 1. The van der Waals surface area contributed by atoms with Crippen LogP contribution in [0.2, 0.25) is 0 Å². The molecular formula is C20H26N2O3. The van der Waals surface area contributed by atoms with Gasteiger partial charge in [0.2, 0.25) is 5.91 Å². The number of carbonyl (C=O) groups excluding carboxylic acids is 1. The zero-order chi connectivity index (χ0) is 17.6. The Bertz CT molecular complexity index is 704. The van der Waals surface area contributed by atoms with Gasteiger partial charge >= 0.3 is 0 Å². The summed E-state index contributed by atoms with van der Waals surface area (Å²) in [4.78, 5) is 12.0. The van der Waals surface area contributed by atoms with Crippen molar-refractivity contribution in [1.82, 2.24) is 10.5 Å². The highest BCUT2D eigenvalue weighted by Gasteiger charge is 2.20. The van der Waals surface area contributed by atoms with E-state index >= 15 is 0 Å². The summed E-state index contributed by atoms with van der Waals surface area (Å²) in [6, 6.07) is 8.54. The van der Waals surface area contributed by atoms with Crippen molar-refractivity contribution >= 4 is 5.91 Å². The first-order chi connectivity index (χ1) is 12.1. The highest BCUT2D eigenvalue weighted by molar-refractivity contribution is 5.78. The molecule has 134 valence electrons. The number of nitrogens with zero attached hydrogens (tertiary/aromatic N) is 1. The van der Waals surface area contributed by atoms with Crippen molar-refractivity contribution in [1.29, 1.82) is 0 Å². The molecule has 1 aromatic carbocycles. The standard InChI is InChI=1S/C20H26N2O3/c1-14-18(15(2)25-22-14)13-20(23)21-11-6-12-24-19-10-5-8-16-7-3-4-9-17(16)19/h3-4,7,9,19H,5-6,8,10-13H2,1-2H3,(H,21,23). The second kappa shape index (κ2) is 8.30. The van der Waals surface area contributed by atoms with E-state index in [1.807, 2.05) is 13.8 Å². The minimum absolute atomic E-state index is 0.00240. The quantitative estimate of drug-likeness (QED) is 0.783. The number of hydrogen-bond donors (Lipinski definition) is 1. The molecule has 2 aromatic rings. The molecule has 1 atom stereocenters. The van der Waals surface area contributed by atoms with Crippen LogP contribution in [0.3, 0.4) is 0 Å². The van der Waals surface area contributed by atoms with Gasteiger partial charge in [0.25, 0.3) is 0 Å². The zero-order valence-electron chi connectivity index (χ0n) is 15.0. The number of aryl methyl sites for hydroxylation is 3. The van der Waals surface area contributed by atoms with E-state index in [0.717, 1.165) is 30.5 Å². The summed E-state index contributed by atoms with van der Waals surface area (Å²) >= 11 is 0. The molecule has 25 heavy (non-hydrogen) atoms. The molecule has 0 radical (unpaired) electrons. The molecule has 3 rings (SSSR count). The molecule has 0 fully saturated rings. The number of benzene rings is 1. The highest BCUT2D eigenvalue weighted by Crippen LogP contribution is 2.32. The Hall–Kier alpha value is -2.14. The molecule has 0 spiro atoms. The molecule has 0 saturated carbocycles. The van der Waals surface area contributed by atoms with Gasteiger partial charge in [-0.3, -0.25) is 4.79 Å². The summed E-state index contributed by atoms with van der Waals surface area (Å²) in [5.41, 5.74) is 4.40. The lowest BCUT2D eigenvalue weighted by Crippen LogP contribution is -2.27. The normalized spacial score (nSPS) is 16.5. The first-order valence-electron chi connectivity index (χ1n) is 9.03. The summed E-state index contributed by atoms with van der Waals surface area (Å²) in [7, 11) is 0. The fourth-order valence-electron chi connectivity index (χ4n) is 3.39. The number of hydrogen-bond acceptors (Lipinski definition) is 4. The van der Waals surface area contributed by atoms with E-state index < -0.39 is 0 Å². The number of ether oxygens (including phenoxy) is 1. The van der Waals surface area contributed by atoms with Crippen LogP contribution in [0.25, 0.3) is 0 Å². The first-order valence-corrected chi connectivity index (χ1v) is 9.03. The Morgan fingerprint density at radius 2 is 2.20 bits per heavy atom. The van der Waals surface area contributed by atoms with Crippen LogP contribution in [-0.2, 0) is 22.4 Å². The minimum atomic E-state index is -0.00240. The molecule has 1 heterocycles. The van der Waals surface area contributed by atoms with Crippen LogP contribution in [0.4, 0.5) is 0 Å². The predicted octanol–water partition coefficient (Wildman–Crippen LogP) is 3.43. The largest absolute Gasteiger partial charge is 0.373 e. The van der Waals surface area contributed by atoms with Crippen molar-refractivity contribution in [3.8, 4) is 0 Å². The second-order valence-electron chi connectivity index (χ2n) is 6.63. The summed E-state index contributed by atoms with van der Waals surface area (Å²) in [5.74, 6) is 0.712. The average molecular weight is 342 g/mol. The fourth-order valence-corrected chi connectivity index (χ4v) is 3.39. The predicted molar refractivity (Wildman–Crippen MR) is 95.4 cm³/mol. The van der Waals surface area contributed by atoms with Gasteiger partial charge in [-0.15, -0.1) is 0 Å². The van der Waals surface area contributed by atoms with Gasteiger partial charge in [0.05, 0.1) is 18.2 Å². The van der Waals surface area contributed by atoms with E-state index in [2.05, 4.69) is 34.7 Å². The lowest BCUT2D eigenvalue weighted by Gasteiger charge is -2.25. The van der Waals surface area contributed by atoms with Crippen molar-refractivity contribution in [2.45, 2.75) is 52.1 Å². The van der Waals surface area contributed by atoms with Crippen molar-refractivity contribution in [3.63, 3.8) is 0 Å². The van der Waals surface area contributed by atoms with Crippen LogP contribution in [0, 0.1) is 13.8 Å². The number of amides is 1. The number of carbonyl (C=O) groups is 1. The lowest BCUT2D eigenvalue weighted by atomic mass is 9.89. The third-order valence-corrected chi connectivity index (χ3v) is 4.80. The van der Waals surface area contributed by atoms with Crippen molar-refractivity contribution in [2.75, 3.05) is 13.2 Å². The number of nitrogens with one attached hydrogen (secondary N) is 1. The third-order valence-electron chi connectivity index (χ3n) is 4.80. The summed E-state index contributed by atoms with van der Waals surface area (Å²) < 4.78 is 11.1. The van der Waals surface area contributed by atoms with Gasteiger partial charge in [0, 0.05) is 18.7 Å².